The van der Waals surface area contributed by atoms with Crippen LogP contribution in [0.4, 0.5) is 0 Å². The van der Waals surface area contributed by atoms with Crippen molar-refractivity contribution in [2.24, 2.45) is 0 Å². The fourth-order valence-corrected chi connectivity index (χ4v) is 3.75. The van der Waals surface area contributed by atoms with E-state index in [-0.39, 0.29) is 0 Å². The van der Waals surface area contributed by atoms with Gasteiger partial charge >= 0.3 is 0 Å². The standard InChI is InChI=1S/C24H23BrN2O/c1-17-8-13-23(18(2)16-17)28-15-5-14-27-22-7-4-3-6-21(22)26-24(27)19-9-11-20(25)12-10-19/h3-4,6-13,16H,5,14-15H2,1-2H3. The summed E-state index contributed by atoms with van der Waals surface area (Å²) in [6, 6.07) is 22.9. The van der Waals surface area contributed by atoms with E-state index in [0.29, 0.717) is 6.61 Å². The second-order valence-corrected chi connectivity index (χ2v) is 7.97. The predicted octanol–water partition coefficient (Wildman–Crippen LogP) is 6.55. The molecular weight excluding hydrogens is 412 g/mol. The maximum absolute atomic E-state index is 6.02. The number of aryl methyl sites for hydroxylation is 3. The number of rotatable bonds is 6. The van der Waals surface area contributed by atoms with Gasteiger partial charge in [0.1, 0.15) is 11.6 Å². The highest BCUT2D eigenvalue weighted by Crippen LogP contribution is 2.26. The lowest BCUT2D eigenvalue weighted by atomic mass is 10.1. The molecule has 0 unspecified atom stereocenters. The lowest BCUT2D eigenvalue weighted by Gasteiger charge is -2.12. The summed E-state index contributed by atoms with van der Waals surface area (Å²) in [4.78, 5) is 4.88. The predicted molar refractivity (Wildman–Crippen MR) is 119 cm³/mol. The minimum absolute atomic E-state index is 0.677. The van der Waals surface area contributed by atoms with Crippen molar-refractivity contribution in [3.63, 3.8) is 0 Å². The van der Waals surface area contributed by atoms with Crippen LogP contribution in [-0.4, -0.2) is 16.2 Å². The molecule has 0 saturated carbocycles. The van der Waals surface area contributed by atoms with E-state index in [1.54, 1.807) is 0 Å². The Morgan fingerprint density at radius 1 is 0.964 bits per heavy atom. The van der Waals surface area contributed by atoms with Crippen LogP contribution in [0.2, 0.25) is 0 Å². The van der Waals surface area contributed by atoms with E-state index in [1.807, 2.05) is 6.07 Å². The van der Waals surface area contributed by atoms with E-state index < -0.39 is 0 Å². The average molecular weight is 435 g/mol. The van der Waals surface area contributed by atoms with Gasteiger partial charge in [-0.2, -0.15) is 0 Å². The summed E-state index contributed by atoms with van der Waals surface area (Å²) in [5, 5.41) is 0. The van der Waals surface area contributed by atoms with Gasteiger partial charge in [0.25, 0.3) is 0 Å². The van der Waals surface area contributed by atoms with Crippen molar-refractivity contribution in [3.8, 4) is 17.1 Å². The molecule has 0 aliphatic heterocycles. The maximum atomic E-state index is 6.02. The highest BCUT2D eigenvalue weighted by molar-refractivity contribution is 9.10. The number of fused-ring (bicyclic) bond motifs is 1. The van der Waals surface area contributed by atoms with E-state index in [1.165, 1.54) is 11.1 Å². The number of hydrogen-bond acceptors (Lipinski definition) is 2. The summed E-state index contributed by atoms with van der Waals surface area (Å²) in [6.07, 6.45) is 0.914. The minimum Gasteiger partial charge on any atom is -0.493 e. The van der Waals surface area contributed by atoms with Gasteiger partial charge in [-0.15, -0.1) is 0 Å². The molecule has 4 heteroatoms. The molecule has 0 amide bonds. The van der Waals surface area contributed by atoms with E-state index in [4.69, 9.17) is 9.72 Å². The summed E-state index contributed by atoms with van der Waals surface area (Å²) in [5.41, 5.74) is 5.75. The zero-order chi connectivity index (χ0) is 19.5. The zero-order valence-electron chi connectivity index (χ0n) is 16.2. The fraction of sp³-hybridized carbons (Fsp3) is 0.208. The Hall–Kier alpha value is -2.59. The number of imidazole rings is 1. The molecule has 142 valence electrons. The van der Waals surface area contributed by atoms with Crippen LogP contribution < -0.4 is 4.74 Å². The molecule has 0 aliphatic carbocycles. The molecule has 0 bridgehead atoms. The van der Waals surface area contributed by atoms with Gasteiger partial charge in [0.2, 0.25) is 0 Å². The van der Waals surface area contributed by atoms with Crippen LogP contribution in [0.25, 0.3) is 22.4 Å². The van der Waals surface area contributed by atoms with Gasteiger partial charge in [-0.3, -0.25) is 0 Å². The van der Waals surface area contributed by atoms with E-state index in [9.17, 15) is 0 Å². The minimum atomic E-state index is 0.677. The van der Waals surface area contributed by atoms with Crippen LogP contribution in [0.1, 0.15) is 17.5 Å². The largest absolute Gasteiger partial charge is 0.493 e. The van der Waals surface area contributed by atoms with Crippen molar-refractivity contribution in [3.05, 3.63) is 82.3 Å². The first-order valence-corrected chi connectivity index (χ1v) is 10.3. The third-order valence-corrected chi connectivity index (χ3v) is 5.40. The average Bonchev–Trinajstić information content (AvgIpc) is 3.06. The molecule has 1 aromatic heterocycles. The molecule has 0 radical (unpaired) electrons. The van der Waals surface area contributed by atoms with Crippen LogP contribution in [0.3, 0.4) is 0 Å². The Labute approximate surface area is 174 Å². The Kier molecular flexibility index (Phi) is 5.49. The van der Waals surface area contributed by atoms with Crippen LogP contribution >= 0.6 is 15.9 Å². The number of aromatic nitrogens is 2. The third kappa shape index (κ3) is 3.97. The van der Waals surface area contributed by atoms with Crippen LogP contribution in [0.5, 0.6) is 5.75 Å². The van der Waals surface area contributed by atoms with Crippen LogP contribution in [0, 0.1) is 13.8 Å². The van der Waals surface area contributed by atoms with Crippen LogP contribution in [-0.2, 0) is 6.54 Å². The van der Waals surface area contributed by atoms with Crippen molar-refractivity contribution >= 4 is 27.0 Å². The number of hydrogen-bond donors (Lipinski definition) is 0. The summed E-state index contributed by atoms with van der Waals surface area (Å²) >= 11 is 3.51. The third-order valence-electron chi connectivity index (χ3n) is 4.87. The first-order valence-electron chi connectivity index (χ1n) is 9.53. The maximum Gasteiger partial charge on any atom is 0.141 e. The molecule has 0 N–H and O–H groups in total. The lowest BCUT2D eigenvalue weighted by molar-refractivity contribution is 0.301. The van der Waals surface area contributed by atoms with Crippen molar-refractivity contribution < 1.29 is 4.74 Å². The van der Waals surface area contributed by atoms with E-state index in [2.05, 4.69) is 95.0 Å². The Balaban J connectivity index is 1.54. The summed E-state index contributed by atoms with van der Waals surface area (Å²) < 4.78 is 9.39. The normalized spacial score (nSPS) is 11.1. The lowest BCUT2D eigenvalue weighted by Crippen LogP contribution is -2.06. The molecule has 0 saturated heterocycles. The van der Waals surface area contributed by atoms with Crippen LogP contribution in [0.15, 0.2) is 71.2 Å². The Morgan fingerprint density at radius 3 is 2.54 bits per heavy atom. The van der Waals surface area contributed by atoms with Crippen molar-refractivity contribution in [2.45, 2.75) is 26.8 Å². The van der Waals surface area contributed by atoms with Crippen molar-refractivity contribution in [1.82, 2.24) is 9.55 Å². The molecule has 0 atom stereocenters. The number of nitrogens with zero attached hydrogens (tertiary/aromatic N) is 2. The topological polar surface area (TPSA) is 27.1 Å². The molecule has 0 fully saturated rings. The van der Waals surface area contributed by atoms with Gasteiger partial charge in [0.05, 0.1) is 17.6 Å². The molecule has 3 nitrogen and oxygen atoms in total. The quantitative estimate of drug-likeness (QED) is 0.321. The van der Waals surface area contributed by atoms with Gasteiger partial charge in [0.15, 0.2) is 0 Å². The Morgan fingerprint density at radius 2 is 1.75 bits per heavy atom. The van der Waals surface area contributed by atoms with Gasteiger partial charge in [-0.05, 0) is 56.2 Å². The molecule has 1 heterocycles. The molecule has 0 spiro atoms. The first-order chi connectivity index (χ1) is 13.6. The second kappa shape index (κ2) is 8.19. The monoisotopic (exact) mass is 434 g/mol. The first kappa shape index (κ1) is 18.8. The number of benzene rings is 3. The van der Waals surface area contributed by atoms with Crippen molar-refractivity contribution in [1.29, 1.82) is 0 Å². The van der Waals surface area contributed by atoms with E-state index >= 15 is 0 Å². The van der Waals surface area contributed by atoms with Crippen molar-refractivity contribution in [2.75, 3.05) is 6.61 Å². The smallest absolute Gasteiger partial charge is 0.141 e. The molecule has 4 aromatic rings. The van der Waals surface area contributed by atoms with Gasteiger partial charge in [-0.1, -0.05) is 57.9 Å². The molecule has 28 heavy (non-hydrogen) atoms. The summed E-state index contributed by atoms with van der Waals surface area (Å²) in [7, 11) is 0. The zero-order valence-corrected chi connectivity index (χ0v) is 17.7. The number of halogens is 1. The van der Waals surface area contributed by atoms with Gasteiger partial charge in [0, 0.05) is 16.6 Å². The Bertz CT molecular complexity index is 1100. The molecule has 0 aliphatic rings. The van der Waals surface area contributed by atoms with E-state index in [0.717, 1.165) is 45.6 Å². The molecule has 3 aromatic carbocycles. The fourth-order valence-electron chi connectivity index (χ4n) is 3.49. The second-order valence-electron chi connectivity index (χ2n) is 7.05. The number of para-hydroxylation sites is 2. The van der Waals surface area contributed by atoms with Gasteiger partial charge in [-0.25, -0.2) is 4.98 Å². The van der Waals surface area contributed by atoms with Gasteiger partial charge < -0.3 is 9.30 Å². The highest BCUT2D eigenvalue weighted by Gasteiger charge is 2.12. The number of ether oxygens (including phenoxy) is 1. The summed E-state index contributed by atoms with van der Waals surface area (Å²) in [5.74, 6) is 1.97. The molecule has 4 rings (SSSR count). The molecular formula is C24H23BrN2O. The highest BCUT2D eigenvalue weighted by atomic mass is 79.9. The summed E-state index contributed by atoms with van der Waals surface area (Å²) in [6.45, 7) is 5.73. The SMILES string of the molecule is Cc1ccc(OCCCn2c(-c3ccc(Br)cc3)nc3ccccc32)c(C)c1.